The number of oxazole rings is 1. The van der Waals surface area contributed by atoms with E-state index in [1.54, 1.807) is 48.5 Å². The minimum Gasteiger partial charge on any atom is -0.497 e. The minimum atomic E-state index is -0.295. The molecule has 1 aromatic heterocycles. The Morgan fingerprint density at radius 3 is 2.45 bits per heavy atom. The molecule has 3 aromatic carbocycles. The SMILES string of the molecule is COc1cc(OC)cc(C(=O)Nc2ccc3nc(-c4cccc(Cl)c4)oc3c2)c1. The average molecular weight is 409 g/mol. The molecule has 0 aliphatic carbocycles. The minimum absolute atomic E-state index is 0.295. The second-order valence-electron chi connectivity index (χ2n) is 6.27. The van der Waals surface area contributed by atoms with E-state index in [0.717, 1.165) is 5.56 Å². The summed E-state index contributed by atoms with van der Waals surface area (Å²) in [5, 5.41) is 3.46. The van der Waals surface area contributed by atoms with Crippen molar-refractivity contribution in [3.8, 4) is 23.0 Å². The molecule has 7 heteroatoms. The fraction of sp³-hybridized carbons (Fsp3) is 0.0909. The Kier molecular flexibility index (Phi) is 5.10. The van der Waals surface area contributed by atoms with Crippen molar-refractivity contribution < 1.29 is 18.7 Å². The van der Waals surface area contributed by atoms with Crippen LogP contribution in [0.1, 0.15) is 10.4 Å². The number of aromatic nitrogens is 1. The van der Waals surface area contributed by atoms with Crippen LogP contribution in [0.5, 0.6) is 11.5 Å². The zero-order valence-electron chi connectivity index (χ0n) is 15.7. The molecule has 29 heavy (non-hydrogen) atoms. The first kappa shape index (κ1) is 18.8. The fourth-order valence-electron chi connectivity index (χ4n) is 2.89. The van der Waals surface area contributed by atoms with Crippen LogP contribution in [0, 0.1) is 0 Å². The molecule has 0 aliphatic heterocycles. The van der Waals surface area contributed by atoms with Gasteiger partial charge in [0.25, 0.3) is 5.91 Å². The number of methoxy groups -OCH3 is 2. The number of nitrogens with one attached hydrogen (secondary N) is 1. The Bertz CT molecular complexity index is 1180. The van der Waals surface area contributed by atoms with Gasteiger partial charge in [-0.3, -0.25) is 4.79 Å². The Balaban J connectivity index is 1.61. The van der Waals surface area contributed by atoms with Gasteiger partial charge in [-0.15, -0.1) is 0 Å². The highest BCUT2D eigenvalue weighted by Gasteiger charge is 2.13. The lowest BCUT2D eigenvalue weighted by atomic mass is 10.1. The van der Waals surface area contributed by atoms with Gasteiger partial charge in [0.15, 0.2) is 5.58 Å². The molecule has 1 N–H and O–H groups in total. The third-order valence-electron chi connectivity index (χ3n) is 4.33. The zero-order chi connectivity index (χ0) is 20.4. The first-order valence-electron chi connectivity index (χ1n) is 8.76. The van der Waals surface area contributed by atoms with Crippen molar-refractivity contribution in [1.82, 2.24) is 4.98 Å². The molecule has 6 nitrogen and oxygen atoms in total. The molecule has 0 aliphatic rings. The molecule has 0 fully saturated rings. The third kappa shape index (κ3) is 4.02. The van der Waals surface area contributed by atoms with Crippen LogP contribution in [0.15, 0.2) is 65.1 Å². The standard InChI is InChI=1S/C22H17ClN2O4/c1-27-17-9-14(10-18(12-17)28-2)21(26)24-16-6-7-19-20(11-16)29-22(25-19)13-4-3-5-15(23)8-13/h3-12H,1-2H3,(H,24,26). The van der Waals surface area contributed by atoms with Crippen molar-refractivity contribution in [3.05, 3.63) is 71.2 Å². The lowest BCUT2D eigenvalue weighted by molar-refractivity contribution is 0.102. The molecule has 0 atom stereocenters. The predicted octanol–water partition coefficient (Wildman–Crippen LogP) is 5.42. The van der Waals surface area contributed by atoms with Crippen LogP contribution in [0.25, 0.3) is 22.6 Å². The van der Waals surface area contributed by atoms with Gasteiger partial charge in [-0.25, -0.2) is 4.98 Å². The van der Waals surface area contributed by atoms with Crippen molar-refractivity contribution in [2.24, 2.45) is 0 Å². The fourth-order valence-corrected chi connectivity index (χ4v) is 3.08. The van der Waals surface area contributed by atoms with Crippen LogP contribution in [-0.4, -0.2) is 25.1 Å². The van der Waals surface area contributed by atoms with E-state index < -0.39 is 0 Å². The van der Waals surface area contributed by atoms with E-state index in [9.17, 15) is 4.79 Å². The largest absolute Gasteiger partial charge is 0.497 e. The quantitative estimate of drug-likeness (QED) is 0.477. The summed E-state index contributed by atoms with van der Waals surface area (Å²) in [5.74, 6) is 1.23. The molecule has 0 unspecified atom stereocenters. The van der Waals surface area contributed by atoms with E-state index in [1.165, 1.54) is 14.2 Å². The summed E-state index contributed by atoms with van der Waals surface area (Å²) in [4.78, 5) is 17.1. The van der Waals surface area contributed by atoms with Crippen LogP contribution in [-0.2, 0) is 0 Å². The molecule has 0 spiro atoms. The van der Waals surface area contributed by atoms with Crippen LogP contribution in [0.2, 0.25) is 5.02 Å². The predicted molar refractivity (Wildman–Crippen MR) is 112 cm³/mol. The van der Waals surface area contributed by atoms with Crippen molar-refractivity contribution >= 4 is 34.3 Å². The molecule has 146 valence electrons. The summed E-state index contributed by atoms with van der Waals surface area (Å²) in [7, 11) is 3.07. The number of halogens is 1. The maximum atomic E-state index is 12.7. The Hall–Kier alpha value is -3.51. The number of fused-ring (bicyclic) bond motifs is 1. The molecular formula is C22H17ClN2O4. The molecular weight excluding hydrogens is 392 g/mol. The highest BCUT2D eigenvalue weighted by atomic mass is 35.5. The van der Waals surface area contributed by atoms with Crippen LogP contribution in [0.3, 0.4) is 0 Å². The van der Waals surface area contributed by atoms with Gasteiger partial charge in [-0.2, -0.15) is 0 Å². The van der Waals surface area contributed by atoms with Gasteiger partial charge in [0.05, 0.1) is 14.2 Å². The smallest absolute Gasteiger partial charge is 0.255 e. The van der Waals surface area contributed by atoms with E-state index in [4.69, 9.17) is 25.5 Å². The van der Waals surface area contributed by atoms with Crippen LogP contribution in [0.4, 0.5) is 5.69 Å². The Morgan fingerprint density at radius 1 is 1.00 bits per heavy atom. The molecule has 0 saturated carbocycles. The van der Waals surface area contributed by atoms with E-state index >= 15 is 0 Å². The van der Waals surface area contributed by atoms with Gasteiger partial charge in [-0.05, 0) is 42.5 Å². The maximum Gasteiger partial charge on any atom is 0.255 e. The number of carbonyl (C=O) groups excluding carboxylic acids is 1. The van der Waals surface area contributed by atoms with E-state index in [0.29, 0.717) is 44.8 Å². The van der Waals surface area contributed by atoms with E-state index in [-0.39, 0.29) is 5.91 Å². The molecule has 0 radical (unpaired) electrons. The van der Waals surface area contributed by atoms with Crippen molar-refractivity contribution in [3.63, 3.8) is 0 Å². The van der Waals surface area contributed by atoms with Gasteiger partial charge in [-0.1, -0.05) is 17.7 Å². The van der Waals surface area contributed by atoms with Crippen molar-refractivity contribution in [1.29, 1.82) is 0 Å². The molecule has 4 rings (SSSR count). The summed E-state index contributed by atoms with van der Waals surface area (Å²) < 4.78 is 16.3. The topological polar surface area (TPSA) is 73.6 Å². The number of carbonyl (C=O) groups is 1. The highest BCUT2D eigenvalue weighted by Crippen LogP contribution is 2.28. The Labute approximate surface area is 172 Å². The monoisotopic (exact) mass is 408 g/mol. The van der Waals surface area contributed by atoms with Gasteiger partial charge in [0.2, 0.25) is 5.89 Å². The van der Waals surface area contributed by atoms with Crippen molar-refractivity contribution in [2.75, 3.05) is 19.5 Å². The van der Waals surface area contributed by atoms with E-state index in [2.05, 4.69) is 10.3 Å². The maximum absolute atomic E-state index is 12.7. The molecule has 0 bridgehead atoms. The Morgan fingerprint density at radius 2 is 1.76 bits per heavy atom. The number of hydrogen-bond donors (Lipinski definition) is 1. The lowest BCUT2D eigenvalue weighted by Crippen LogP contribution is -2.12. The molecule has 1 heterocycles. The highest BCUT2D eigenvalue weighted by molar-refractivity contribution is 6.30. The molecule has 0 saturated heterocycles. The van der Waals surface area contributed by atoms with Gasteiger partial charge >= 0.3 is 0 Å². The first-order chi connectivity index (χ1) is 14.1. The zero-order valence-corrected chi connectivity index (χ0v) is 16.5. The van der Waals surface area contributed by atoms with Crippen LogP contribution < -0.4 is 14.8 Å². The van der Waals surface area contributed by atoms with E-state index in [1.807, 2.05) is 12.1 Å². The van der Waals surface area contributed by atoms with Gasteiger partial charge in [0, 0.05) is 34.0 Å². The number of rotatable bonds is 5. The number of amides is 1. The summed E-state index contributed by atoms with van der Waals surface area (Å²) >= 11 is 6.04. The summed E-state index contributed by atoms with van der Waals surface area (Å²) in [5.41, 5.74) is 3.02. The summed E-state index contributed by atoms with van der Waals surface area (Å²) in [6, 6.07) is 17.5. The van der Waals surface area contributed by atoms with Gasteiger partial charge < -0.3 is 19.2 Å². The van der Waals surface area contributed by atoms with Crippen molar-refractivity contribution in [2.45, 2.75) is 0 Å². The number of anilines is 1. The van der Waals surface area contributed by atoms with Crippen LogP contribution >= 0.6 is 11.6 Å². The number of nitrogens with zero attached hydrogens (tertiary/aromatic N) is 1. The third-order valence-corrected chi connectivity index (χ3v) is 4.57. The summed E-state index contributed by atoms with van der Waals surface area (Å²) in [6.45, 7) is 0. The first-order valence-corrected chi connectivity index (χ1v) is 9.14. The molecule has 4 aromatic rings. The number of benzene rings is 3. The second-order valence-corrected chi connectivity index (χ2v) is 6.70. The molecule has 1 amide bonds. The average Bonchev–Trinajstić information content (AvgIpc) is 3.16. The lowest BCUT2D eigenvalue weighted by Gasteiger charge is -2.09. The normalized spacial score (nSPS) is 10.7. The second kappa shape index (κ2) is 7.85. The number of hydrogen-bond acceptors (Lipinski definition) is 5. The van der Waals surface area contributed by atoms with Gasteiger partial charge in [0.1, 0.15) is 17.0 Å². The number of ether oxygens (including phenoxy) is 2. The summed E-state index contributed by atoms with van der Waals surface area (Å²) in [6.07, 6.45) is 0.